The lowest BCUT2D eigenvalue weighted by Gasteiger charge is -2.22. The molecule has 23 heavy (non-hydrogen) atoms. The molecule has 0 atom stereocenters. The van der Waals surface area contributed by atoms with Crippen molar-refractivity contribution in [2.75, 3.05) is 26.2 Å². The minimum absolute atomic E-state index is 1.04. The molecular formula is C19H24N4+2. The Kier molecular flexibility index (Phi) is 3.85. The molecule has 0 bridgehead atoms. The van der Waals surface area contributed by atoms with Crippen LogP contribution in [0.25, 0.3) is 16.9 Å². The first-order chi connectivity index (χ1) is 11.3. The zero-order chi connectivity index (χ0) is 15.6. The maximum atomic E-state index is 4.93. The Morgan fingerprint density at radius 1 is 1.09 bits per heavy atom. The third-order valence-corrected chi connectivity index (χ3v) is 4.73. The Labute approximate surface area is 136 Å². The molecule has 0 radical (unpaired) electrons. The average molecular weight is 308 g/mol. The Morgan fingerprint density at radius 2 is 1.87 bits per heavy atom. The monoisotopic (exact) mass is 308 g/mol. The lowest BCUT2D eigenvalue weighted by molar-refractivity contribution is -0.958. The number of hydrogen-bond donors (Lipinski definition) is 2. The molecule has 1 aromatic carbocycles. The third kappa shape index (κ3) is 2.87. The highest BCUT2D eigenvalue weighted by molar-refractivity contribution is 5.66. The summed E-state index contributed by atoms with van der Waals surface area (Å²) in [4.78, 5) is 6.59. The lowest BCUT2D eigenvalue weighted by Crippen LogP contribution is -3.19. The van der Waals surface area contributed by atoms with E-state index in [9.17, 15) is 0 Å². The number of nitrogens with one attached hydrogen (secondary N) is 1. The number of nitrogens with two attached hydrogens (primary N) is 1. The van der Waals surface area contributed by atoms with Crippen LogP contribution in [0.2, 0.25) is 0 Å². The fourth-order valence-electron chi connectivity index (χ4n) is 3.49. The summed E-state index contributed by atoms with van der Waals surface area (Å²) in [5, 5.41) is 2.42. The van der Waals surface area contributed by atoms with Crippen LogP contribution in [0, 0.1) is 6.92 Å². The minimum atomic E-state index is 1.04. The summed E-state index contributed by atoms with van der Waals surface area (Å²) in [5.74, 6) is 0. The molecular weight excluding hydrogens is 284 g/mol. The maximum absolute atomic E-state index is 4.93. The molecule has 4 nitrogen and oxygen atoms in total. The predicted octanol–water partition coefficient (Wildman–Crippen LogP) is 0.272. The Morgan fingerprint density at radius 3 is 2.65 bits per heavy atom. The second kappa shape index (κ2) is 6.14. The molecule has 3 heterocycles. The fraction of sp³-hybridized carbons (Fsp3) is 0.316. The van der Waals surface area contributed by atoms with Crippen molar-refractivity contribution in [1.82, 2.24) is 9.38 Å². The number of benzene rings is 1. The van der Waals surface area contributed by atoms with E-state index in [1.54, 1.807) is 4.90 Å². The highest BCUT2D eigenvalue weighted by Gasteiger charge is 2.22. The van der Waals surface area contributed by atoms with Gasteiger partial charge in [0.25, 0.3) is 0 Å². The smallest absolute Gasteiger partial charge is 0.137 e. The standard InChI is InChI=1S/C19H22N4/c1-15-7-8-18-21-19(16-5-3-2-4-6-16)17(23(18)13-15)14-22-11-9-20-10-12-22/h2-8,13,20H,9-12,14H2,1H3/p+2. The van der Waals surface area contributed by atoms with E-state index in [2.05, 4.69) is 65.3 Å². The number of fused-ring (bicyclic) bond motifs is 1. The molecule has 0 amide bonds. The molecule has 1 saturated heterocycles. The fourth-order valence-corrected chi connectivity index (χ4v) is 3.49. The number of quaternary nitrogens is 2. The number of pyridine rings is 1. The van der Waals surface area contributed by atoms with Gasteiger partial charge in [0.05, 0.1) is 5.69 Å². The first-order valence-electron chi connectivity index (χ1n) is 8.49. The minimum Gasteiger partial charge on any atom is -0.337 e. The van der Waals surface area contributed by atoms with Gasteiger partial charge in [0.15, 0.2) is 0 Å². The van der Waals surface area contributed by atoms with Crippen molar-refractivity contribution in [3.63, 3.8) is 0 Å². The van der Waals surface area contributed by atoms with Crippen LogP contribution in [0.15, 0.2) is 48.7 Å². The number of rotatable bonds is 3. The molecule has 1 aliphatic heterocycles. The van der Waals surface area contributed by atoms with Gasteiger partial charge in [-0.1, -0.05) is 36.4 Å². The Balaban J connectivity index is 1.82. The van der Waals surface area contributed by atoms with E-state index in [1.165, 1.54) is 43.0 Å². The van der Waals surface area contributed by atoms with E-state index in [0.29, 0.717) is 0 Å². The van der Waals surface area contributed by atoms with Gasteiger partial charge in [-0.25, -0.2) is 4.98 Å². The van der Waals surface area contributed by atoms with Crippen molar-refractivity contribution in [2.24, 2.45) is 0 Å². The number of piperazine rings is 1. The first-order valence-corrected chi connectivity index (χ1v) is 8.49. The number of imidazole rings is 1. The molecule has 0 saturated carbocycles. The van der Waals surface area contributed by atoms with Crippen molar-refractivity contribution >= 4 is 5.65 Å². The van der Waals surface area contributed by atoms with Gasteiger partial charge >= 0.3 is 0 Å². The van der Waals surface area contributed by atoms with Crippen LogP contribution in [0.5, 0.6) is 0 Å². The van der Waals surface area contributed by atoms with Crippen LogP contribution in [-0.2, 0) is 6.54 Å². The molecule has 4 heteroatoms. The highest BCUT2D eigenvalue weighted by atomic mass is 15.2. The van der Waals surface area contributed by atoms with Gasteiger partial charge in [-0.2, -0.15) is 0 Å². The molecule has 1 aliphatic rings. The van der Waals surface area contributed by atoms with Crippen molar-refractivity contribution in [2.45, 2.75) is 13.5 Å². The topological polar surface area (TPSA) is 38.3 Å². The van der Waals surface area contributed by atoms with E-state index in [1.807, 2.05) is 0 Å². The predicted molar refractivity (Wildman–Crippen MR) is 91.4 cm³/mol. The number of nitrogens with zero attached hydrogens (tertiary/aromatic N) is 2. The van der Waals surface area contributed by atoms with Gasteiger partial charge in [-0.05, 0) is 18.6 Å². The second-order valence-electron chi connectivity index (χ2n) is 6.50. The summed E-state index contributed by atoms with van der Waals surface area (Å²) in [6, 6.07) is 14.9. The van der Waals surface area contributed by atoms with Crippen LogP contribution in [0.4, 0.5) is 0 Å². The van der Waals surface area contributed by atoms with Crippen molar-refractivity contribution in [1.29, 1.82) is 0 Å². The molecule has 3 N–H and O–H groups in total. The zero-order valence-corrected chi connectivity index (χ0v) is 13.6. The SMILES string of the molecule is Cc1ccc2nc(-c3ccccc3)c(C[NH+]3CC[NH2+]CC3)n2c1. The van der Waals surface area contributed by atoms with E-state index >= 15 is 0 Å². The third-order valence-electron chi connectivity index (χ3n) is 4.73. The van der Waals surface area contributed by atoms with Crippen LogP contribution < -0.4 is 10.2 Å². The van der Waals surface area contributed by atoms with Crippen LogP contribution >= 0.6 is 0 Å². The molecule has 1 fully saturated rings. The van der Waals surface area contributed by atoms with E-state index in [4.69, 9.17) is 4.98 Å². The summed E-state index contributed by atoms with van der Waals surface area (Å²) < 4.78 is 2.29. The highest BCUT2D eigenvalue weighted by Crippen LogP contribution is 2.24. The Hall–Kier alpha value is -2.17. The van der Waals surface area contributed by atoms with E-state index < -0.39 is 0 Å². The van der Waals surface area contributed by atoms with Crippen LogP contribution in [0.1, 0.15) is 11.3 Å². The summed E-state index contributed by atoms with van der Waals surface area (Å²) in [7, 11) is 0. The normalized spacial score (nSPS) is 16.0. The van der Waals surface area contributed by atoms with E-state index in [-0.39, 0.29) is 0 Å². The molecule has 118 valence electrons. The van der Waals surface area contributed by atoms with Gasteiger partial charge in [-0.3, -0.25) is 4.40 Å². The molecule has 2 aromatic heterocycles. The lowest BCUT2D eigenvalue weighted by atomic mass is 10.1. The first kappa shape index (κ1) is 14.4. The molecule has 4 rings (SSSR count). The molecule has 0 aliphatic carbocycles. The van der Waals surface area contributed by atoms with Gasteiger partial charge in [0.2, 0.25) is 0 Å². The zero-order valence-electron chi connectivity index (χ0n) is 13.6. The summed E-state index contributed by atoms with van der Waals surface area (Å²) in [5.41, 5.74) is 6.02. The van der Waals surface area contributed by atoms with Crippen molar-refractivity contribution in [3.8, 4) is 11.3 Å². The molecule has 0 unspecified atom stereocenters. The summed E-state index contributed by atoms with van der Waals surface area (Å²) >= 11 is 0. The number of aryl methyl sites for hydroxylation is 1. The van der Waals surface area contributed by atoms with Crippen LogP contribution in [0.3, 0.4) is 0 Å². The van der Waals surface area contributed by atoms with Crippen molar-refractivity contribution < 1.29 is 10.2 Å². The van der Waals surface area contributed by atoms with Crippen molar-refractivity contribution in [3.05, 3.63) is 59.9 Å². The van der Waals surface area contributed by atoms with E-state index in [0.717, 1.165) is 17.9 Å². The summed E-state index contributed by atoms with van der Waals surface area (Å²) in [6.45, 7) is 8.11. The number of aromatic nitrogens is 2. The maximum Gasteiger partial charge on any atom is 0.137 e. The average Bonchev–Trinajstić information content (AvgIpc) is 2.95. The summed E-state index contributed by atoms with van der Waals surface area (Å²) in [6.07, 6.45) is 2.22. The number of hydrogen-bond acceptors (Lipinski definition) is 1. The van der Waals surface area contributed by atoms with Gasteiger partial charge in [0, 0.05) is 11.8 Å². The largest absolute Gasteiger partial charge is 0.337 e. The van der Waals surface area contributed by atoms with Gasteiger partial charge in [0.1, 0.15) is 44.1 Å². The van der Waals surface area contributed by atoms with Gasteiger partial charge in [-0.15, -0.1) is 0 Å². The molecule has 3 aromatic rings. The second-order valence-corrected chi connectivity index (χ2v) is 6.50. The quantitative estimate of drug-likeness (QED) is 0.716. The Bertz CT molecular complexity index is 801. The van der Waals surface area contributed by atoms with Gasteiger partial charge < -0.3 is 10.2 Å². The molecule has 0 spiro atoms. The van der Waals surface area contributed by atoms with Crippen LogP contribution in [-0.4, -0.2) is 35.6 Å².